The molecule has 112 valence electrons. The first kappa shape index (κ1) is 14.5. The number of hydrogen-bond acceptors (Lipinski definition) is 3. The first-order chi connectivity index (χ1) is 10.2. The third kappa shape index (κ3) is 2.46. The minimum atomic E-state index is -0.530. The molecule has 0 radical (unpaired) electrons. The summed E-state index contributed by atoms with van der Waals surface area (Å²) in [5.41, 5.74) is 1.05. The van der Waals surface area contributed by atoms with Gasteiger partial charge in [0.25, 0.3) is 0 Å². The number of carbonyl (C=O) groups excluding carboxylic acids is 1. The predicted molar refractivity (Wildman–Crippen MR) is 84.6 cm³/mol. The van der Waals surface area contributed by atoms with Crippen LogP contribution in [0, 0.1) is 0 Å². The Balaban J connectivity index is 1.80. The van der Waals surface area contributed by atoms with E-state index in [0.29, 0.717) is 6.54 Å². The molecule has 2 amide bonds. The first-order valence-corrected chi connectivity index (χ1v) is 8.29. The lowest BCUT2D eigenvalue weighted by Crippen LogP contribution is -2.59. The van der Waals surface area contributed by atoms with Gasteiger partial charge >= 0.3 is 6.03 Å². The molecule has 21 heavy (non-hydrogen) atoms. The van der Waals surface area contributed by atoms with Crippen molar-refractivity contribution < 1.29 is 9.53 Å². The molecule has 2 fully saturated rings. The van der Waals surface area contributed by atoms with E-state index in [1.54, 1.807) is 4.90 Å². The maximum Gasteiger partial charge on any atom is 0.320 e. The molecule has 2 saturated heterocycles. The zero-order valence-electron chi connectivity index (χ0n) is 12.1. The molecule has 6 heteroatoms. The Bertz CT molecular complexity index is 539. The fraction of sp³-hybridized carbons (Fsp3) is 0.467. The molecule has 2 aliphatic heterocycles. The van der Waals surface area contributed by atoms with E-state index >= 15 is 0 Å². The molecule has 3 unspecified atom stereocenters. The van der Waals surface area contributed by atoms with Gasteiger partial charge in [-0.15, -0.1) is 0 Å². The highest BCUT2D eigenvalue weighted by molar-refractivity contribution is 7.38. The minimum Gasteiger partial charge on any atom is -0.344 e. The summed E-state index contributed by atoms with van der Waals surface area (Å²) in [6.45, 7) is 4.38. The number of amides is 2. The Labute approximate surface area is 126 Å². The van der Waals surface area contributed by atoms with E-state index in [1.807, 2.05) is 30.3 Å². The summed E-state index contributed by atoms with van der Waals surface area (Å²) in [5, 5.41) is 5.82. The van der Waals surface area contributed by atoms with Crippen molar-refractivity contribution >= 4 is 20.5 Å². The van der Waals surface area contributed by atoms with E-state index in [-0.39, 0.29) is 18.4 Å². The normalized spacial score (nSPS) is 30.9. The van der Waals surface area contributed by atoms with Gasteiger partial charge in [0.2, 0.25) is 0 Å². The van der Waals surface area contributed by atoms with E-state index in [9.17, 15) is 4.79 Å². The van der Waals surface area contributed by atoms with Crippen LogP contribution in [0.2, 0.25) is 0 Å². The van der Waals surface area contributed by atoms with Gasteiger partial charge in [0.1, 0.15) is 11.4 Å². The Morgan fingerprint density at radius 2 is 2.24 bits per heavy atom. The first-order valence-electron chi connectivity index (χ1n) is 7.21. The van der Waals surface area contributed by atoms with Crippen molar-refractivity contribution in [3.63, 3.8) is 0 Å². The van der Waals surface area contributed by atoms with Crippen molar-refractivity contribution in [2.24, 2.45) is 0 Å². The van der Waals surface area contributed by atoms with Crippen molar-refractivity contribution in [2.45, 2.75) is 24.5 Å². The molecule has 0 aromatic heterocycles. The van der Waals surface area contributed by atoms with Crippen LogP contribution in [0.5, 0.6) is 0 Å². The number of urea groups is 1. The molecule has 1 aromatic carbocycles. The number of carbonyl (C=O) groups is 1. The number of nitrogens with zero attached hydrogens (tertiary/aromatic N) is 1. The van der Waals surface area contributed by atoms with Gasteiger partial charge in [-0.3, -0.25) is 4.90 Å². The summed E-state index contributed by atoms with van der Waals surface area (Å²) >= 11 is 0. The van der Waals surface area contributed by atoms with Crippen molar-refractivity contribution in [2.75, 3.05) is 19.6 Å². The standard InChI is InChI=1S/C15H20N3O2P/c1-3-16-9-10-18-13-12(20-13)15(21-2,17-14(18)19)11-7-5-4-6-8-11/h4-8,12-13,16H,2-3,9-10H2,1H3,(H,17,19). The topological polar surface area (TPSA) is 56.9 Å². The van der Waals surface area contributed by atoms with Gasteiger partial charge in [0, 0.05) is 13.1 Å². The third-order valence-corrected chi connectivity index (χ3v) is 5.11. The maximum absolute atomic E-state index is 12.4. The lowest BCUT2D eigenvalue weighted by atomic mass is 10.0. The number of fused-ring (bicyclic) bond motifs is 1. The highest BCUT2D eigenvalue weighted by atomic mass is 31.1. The number of epoxide rings is 1. The van der Waals surface area contributed by atoms with Gasteiger partial charge < -0.3 is 15.4 Å². The highest BCUT2D eigenvalue weighted by Crippen LogP contribution is 2.50. The van der Waals surface area contributed by atoms with Crippen LogP contribution in [-0.2, 0) is 10.0 Å². The second-order valence-corrected chi connectivity index (χ2v) is 6.24. The minimum absolute atomic E-state index is 0.0293. The smallest absolute Gasteiger partial charge is 0.320 e. The fourth-order valence-corrected chi connectivity index (χ4v) is 3.70. The summed E-state index contributed by atoms with van der Waals surface area (Å²) in [5.74, 6) is 0. The maximum atomic E-state index is 12.4. The molecule has 2 heterocycles. The number of hydrogen-bond donors (Lipinski definition) is 2. The molecule has 3 rings (SSSR count). The van der Waals surface area contributed by atoms with Gasteiger partial charge in [-0.1, -0.05) is 51.8 Å². The number of likely N-dealkylation sites (N-methyl/N-ethyl adjacent to an activating group) is 1. The predicted octanol–water partition coefficient (Wildman–Crippen LogP) is 1.58. The summed E-state index contributed by atoms with van der Waals surface area (Å²) in [6.07, 6.45) is 3.85. The van der Waals surface area contributed by atoms with Gasteiger partial charge in [0.05, 0.1) is 0 Å². The summed E-state index contributed by atoms with van der Waals surface area (Å²) in [6, 6.07) is 9.88. The lowest BCUT2D eigenvalue weighted by Gasteiger charge is -2.37. The number of rotatable bonds is 6. The molecular weight excluding hydrogens is 285 g/mol. The molecular formula is C15H20N3O2P. The third-order valence-electron chi connectivity index (χ3n) is 3.99. The van der Waals surface area contributed by atoms with Crippen molar-refractivity contribution in [3.8, 4) is 0 Å². The quantitative estimate of drug-likeness (QED) is 0.476. The Morgan fingerprint density at radius 1 is 1.48 bits per heavy atom. The molecule has 2 N–H and O–H groups in total. The number of nitrogens with one attached hydrogen (secondary N) is 2. The van der Waals surface area contributed by atoms with Crippen LogP contribution >= 0.6 is 8.20 Å². The van der Waals surface area contributed by atoms with Crippen LogP contribution in [0.25, 0.3) is 0 Å². The highest BCUT2D eigenvalue weighted by Gasteiger charge is 2.63. The van der Waals surface area contributed by atoms with Gasteiger partial charge in [-0.25, -0.2) is 4.79 Å². The van der Waals surface area contributed by atoms with Crippen molar-refractivity contribution in [3.05, 3.63) is 35.9 Å². The van der Waals surface area contributed by atoms with Crippen molar-refractivity contribution in [1.29, 1.82) is 0 Å². The summed E-state index contributed by atoms with van der Waals surface area (Å²) < 4.78 is 5.82. The van der Waals surface area contributed by atoms with Crippen LogP contribution < -0.4 is 10.6 Å². The number of ether oxygens (including phenoxy) is 1. The largest absolute Gasteiger partial charge is 0.344 e. The molecule has 0 saturated carbocycles. The average Bonchev–Trinajstić information content (AvgIpc) is 3.31. The van der Waals surface area contributed by atoms with Crippen molar-refractivity contribution in [1.82, 2.24) is 15.5 Å². The molecule has 0 aliphatic carbocycles. The Kier molecular flexibility index (Phi) is 3.98. The molecule has 1 aromatic rings. The van der Waals surface area contributed by atoms with E-state index in [4.69, 9.17) is 4.74 Å². The SMILES string of the molecule is C=PC1(c2ccccc2)NC(=O)N(CCNCC)C2OC21. The van der Waals surface area contributed by atoms with E-state index < -0.39 is 5.28 Å². The van der Waals surface area contributed by atoms with E-state index in [2.05, 4.69) is 23.9 Å². The zero-order valence-corrected chi connectivity index (χ0v) is 13.0. The summed E-state index contributed by atoms with van der Waals surface area (Å²) in [4.78, 5) is 14.2. The van der Waals surface area contributed by atoms with E-state index in [0.717, 1.165) is 26.9 Å². The monoisotopic (exact) mass is 305 g/mol. The second kappa shape index (κ2) is 5.76. The van der Waals surface area contributed by atoms with Crippen LogP contribution in [0.15, 0.2) is 30.3 Å². The molecule has 3 atom stereocenters. The van der Waals surface area contributed by atoms with Gasteiger partial charge in [0.15, 0.2) is 6.23 Å². The van der Waals surface area contributed by atoms with Gasteiger partial charge in [-0.05, 0) is 12.1 Å². The Morgan fingerprint density at radius 3 is 2.90 bits per heavy atom. The Hall–Kier alpha value is -1.42. The lowest BCUT2D eigenvalue weighted by molar-refractivity contribution is 0.162. The van der Waals surface area contributed by atoms with Crippen LogP contribution in [0.1, 0.15) is 12.5 Å². The molecule has 0 spiro atoms. The fourth-order valence-electron chi connectivity index (χ4n) is 2.82. The average molecular weight is 305 g/mol. The summed E-state index contributed by atoms with van der Waals surface area (Å²) in [7, 11) is 0.843. The van der Waals surface area contributed by atoms with Crippen LogP contribution in [0.4, 0.5) is 4.79 Å². The second-order valence-electron chi connectivity index (χ2n) is 5.21. The zero-order chi connectivity index (χ0) is 14.9. The molecule has 2 aliphatic rings. The van der Waals surface area contributed by atoms with Crippen LogP contribution in [-0.4, -0.2) is 49.2 Å². The molecule has 0 bridgehead atoms. The van der Waals surface area contributed by atoms with Gasteiger partial charge in [-0.2, -0.15) is 0 Å². The molecule has 5 nitrogen and oxygen atoms in total. The van der Waals surface area contributed by atoms with E-state index in [1.165, 1.54) is 0 Å². The van der Waals surface area contributed by atoms with Crippen LogP contribution in [0.3, 0.4) is 0 Å². The number of benzene rings is 1.